The van der Waals surface area contributed by atoms with Crippen molar-refractivity contribution >= 4 is 28.9 Å². The molecule has 0 aliphatic rings. The van der Waals surface area contributed by atoms with E-state index in [1.54, 1.807) is 24.3 Å². The second kappa shape index (κ2) is 8.09. The van der Waals surface area contributed by atoms with Crippen LogP contribution in [0.5, 0.6) is 0 Å². The van der Waals surface area contributed by atoms with Crippen molar-refractivity contribution in [2.45, 2.75) is 6.54 Å². The summed E-state index contributed by atoms with van der Waals surface area (Å²) in [6, 6.07) is 11.8. The summed E-state index contributed by atoms with van der Waals surface area (Å²) >= 11 is 5.80. The molecule has 1 amide bonds. The molecule has 0 saturated carbocycles. The number of hydrogen-bond donors (Lipinski definition) is 2. The maximum atomic E-state index is 13.7. The predicted molar refractivity (Wildman–Crippen MR) is 96.5 cm³/mol. The highest BCUT2D eigenvalue weighted by Crippen LogP contribution is 2.23. The Balaban J connectivity index is 1.63. The Morgan fingerprint density at radius 1 is 0.963 bits per heavy atom. The van der Waals surface area contributed by atoms with E-state index in [1.165, 1.54) is 18.3 Å². The zero-order valence-electron chi connectivity index (χ0n) is 13.8. The summed E-state index contributed by atoms with van der Waals surface area (Å²) in [4.78, 5) is 16.1. The number of nitrogens with one attached hydrogen (secondary N) is 2. The molecule has 27 heavy (non-hydrogen) atoms. The molecule has 0 saturated heterocycles. The molecular formula is C19H13ClF3N3O. The van der Waals surface area contributed by atoms with Crippen LogP contribution in [0.3, 0.4) is 0 Å². The monoisotopic (exact) mass is 391 g/mol. The maximum Gasteiger partial charge on any atom is 0.270 e. The van der Waals surface area contributed by atoms with Gasteiger partial charge < -0.3 is 10.6 Å². The first kappa shape index (κ1) is 18.7. The third-order valence-electron chi connectivity index (χ3n) is 3.68. The van der Waals surface area contributed by atoms with E-state index in [2.05, 4.69) is 15.6 Å². The first-order chi connectivity index (χ1) is 12.9. The number of rotatable bonds is 5. The number of aromatic nitrogens is 1. The fourth-order valence-electron chi connectivity index (χ4n) is 2.26. The van der Waals surface area contributed by atoms with E-state index in [1.807, 2.05) is 0 Å². The average Bonchev–Trinajstić information content (AvgIpc) is 2.68. The number of carbonyl (C=O) groups is 1. The van der Waals surface area contributed by atoms with Crippen molar-refractivity contribution in [2.24, 2.45) is 0 Å². The first-order valence-corrected chi connectivity index (χ1v) is 8.21. The van der Waals surface area contributed by atoms with Gasteiger partial charge in [0.25, 0.3) is 5.91 Å². The molecule has 1 aromatic heterocycles. The number of pyridine rings is 1. The van der Waals surface area contributed by atoms with E-state index >= 15 is 0 Å². The van der Waals surface area contributed by atoms with Crippen molar-refractivity contribution in [2.75, 3.05) is 5.32 Å². The SMILES string of the molecule is O=C(NCc1ccc(Cl)cc1)c1ccc(Nc2ccc(F)c(F)c2F)cn1. The fraction of sp³-hybridized carbons (Fsp3) is 0.0526. The van der Waals surface area contributed by atoms with Gasteiger partial charge in [-0.1, -0.05) is 23.7 Å². The average molecular weight is 392 g/mol. The smallest absolute Gasteiger partial charge is 0.270 e. The standard InChI is InChI=1S/C19H13ClF3N3O/c20-12-3-1-11(2-4-12)9-25-19(27)16-7-5-13(10-24-16)26-15-8-6-14(21)17(22)18(15)23/h1-8,10,26H,9H2,(H,25,27). The van der Waals surface area contributed by atoms with Crippen molar-refractivity contribution < 1.29 is 18.0 Å². The lowest BCUT2D eigenvalue weighted by Crippen LogP contribution is -2.23. The highest BCUT2D eigenvalue weighted by Gasteiger charge is 2.14. The van der Waals surface area contributed by atoms with E-state index in [0.29, 0.717) is 17.3 Å². The molecule has 1 heterocycles. The second-order valence-electron chi connectivity index (χ2n) is 5.59. The van der Waals surface area contributed by atoms with Crippen molar-refractivity contribution in [1.82, 2.24) is 10.3 Å². The van der Waals surface area contributed by atoms with Crippen LogP contribution in [0.25, 0.3) is 0 Å². The molecule has 8 heteroatoms. The molecule has 0 unspecified atom stereocenters. The number of benzene rings is 2. The van der Waals surface area contributed by atoms with Gasteiger partial charge in [0, 0.05) is 11.6 Å². The molecule has 0 aliphatic carbocycles. The minimum atomic E-state index is -1.56. The molecule has 0 spiro atoms. The molecule has 0 bridgehead atoms. The van der Waals surface area contributed by atoms with Crippen LogP contribution in [0.15, 0.2) is 54.7 Å². The largest absolute Gasteiger partial charge is 0.352 e. The molecule has 0 radical (unpaired) electrons. The third kappa shape index (κ3) is 4.57. The van der Waals surface area contributed by atoms with E-state index in [9.17, 15) is 18.0 Å². The highest BCUT2D eigenvalue weighted by atomic mass is 35.5. The third-order valence-corrected chi connectivity index (χ3v) is 3.93. The lowest BCUT2D eigenvalue weighted by Gasteiger charge is -2.09. The molecule has 3 rings (SSSR count). The van der Waals surface area contributed by atoms with Crippen molar-refractivity contribution in [3.05, 3.63) is 88.5 Å². The molecule has 0 fully saturated rings. The van der Waals surface area contributed by atoms with E-state index in [-0.39, 0.29) is 11.4 Å². The minimum absolute atomic E-state index is 0.153. The van der Waals surface area contributed by atoms with Crippen LogP contribution in [0.2, 0.25) is 5.02 Å². The van der Waals surface area contributed by atoms with Crippen molar-refractivity contribution in [3.63, 3.8) is 0 Å². The lowest BCUT2D eigenvalue weighted by molar-refractivity contribution is 0.0946. The summed E-state index contributed by atoms with van der Waals surface area (Å²) < 4.78 is 39.9. The van der Waals surface area contributed by atoms with Gasteiger partial charge in [-0.05, 0) is 42.0 Å². The van der Waals surface area contributed by atoms with Crippen LogP contribution in [0.4, 0.5) is 24.5 Å². The molecule has 0 aliphatic heterocycles. The second-order valence-corrected chi connectivity index (χ2v) is 6.03. The summed E-state index contributed by atoms with van der Waals surface area (Å²) in [6.07, 6.45) is 1.29. The van der Waals surface area contributed by atoms with Gasteiger partial charge in [0.15, 0.2) is 17.5 Å². The quantitative estimate of drug-likeness (QED) is 0.613. The van der Waals surface area contributed by atoms with Gasteiger partial charge in [-0.25, -0.2) is 18.2 Å². The van der Waals surface area contributed by atoms with Crippen LogP contribution in [-0.2, 0) is 6.54 Å². The van der Waals surface area contributed by atoms with E-state index in [4.69, 9.17) is 11.6 Å². The van der Waals surface area contributed by atoms with Gasteiger partial charge >= 0.3 is 0 Å². The van der Waals surface area contributed by atoms with Crippen molar-refractivity contribution in [3.8, 4) is 0 Å². The number of halogens is 4. The van der Waals surface area contributed by atoms with E-state index in [0.717, 1.165) is 17.7 Å². The normalized spacial score (nSPS) is 10.5. The molecule has 2 N–H and O–H groups in total. The number of nitrogens with zero attached hydrogens (tertiary/aromatic N) is 1. The molecule has 138 valence electrons. The Kier molecular flexibility index (Phi) is 5.61. The van der Waals surface area contributed by atoms with Gasteiger partial charge in [-0.15, -0.1) is 0 Å². The number of carbonyl (C=O) groups excluding carboxylic acids is 1. The molecule has 0 atom stereocenters. The van der Waals surface area contributed by atoms with E-state index < -0.39 is 23.4 Å². The fourth-order valence-corrected chi connectivity index (χ4v) is 2.38. The lowest BCUT2D eigenvalue weighted by atomic mass is 10.2. The zero-order valence-corrected chi connectivity index (χ0v) is 14.5. The number of anilines is 2. The highest BCUT2D eigenvalue weighted by molar-refractivity contribution is 6.30. The molecular weight excluding hydrogens is 379 g/mol. The first-order valence-electron chi connectivity index (χ1n) is 7.83. The van der Waals surface area contributed by atoms with Crippen LogP contribution in [-0.4, -0.2) is 10.9 Å². The molecule has 2 aromatic carbocycles. The molecule has 4 nitrogen and oxygen atoms in total. The number of amides is 1. The zero-order chi connectivity index (χ0) is 19.4. The Bertz CT molecular complexity index is 963. The summed E-state index contributed by atoms with van der Waals surface area (Å²) in [5.74, 6) is -4.56. The Hall–Kier alpha value is -3.06. The number of hydrogen-bond acceptors (Lipinski definition) is 3. The Morgan fingerprint density at radius 3 is 2.37 bits per heavy atom. The minimum Gasteiger partial charge on any atom is -0.352 e. The van der Waals surface area contributed by atoms with Gasteiger partial charge in [0.2, 0.25) is 0 Å². The van der Waals surface area contributed by atoms with Crippen LogP contribution in [0.1, 0.15) is 16.1 Å². The van der Waals surface area contributed by atoms with Gasteiger partial charge in [-0.2, -0.15) is 0 Å². The van der Waals surface area contributed by atoms with Crippen LogP contribution in [0, 0.1) is 17.5 Å². The topological polar surface area (TPSA) is 54.0 Å². The molecule has 3 aromatic rings. The van der Waals surface area contributed by atoms with Gasteiger partial charge in [0.1, 0.15) is 5.69 Å². The Labute approximate surface area is 158 Å². The predicted octanol–water partition coefficient (Wildman–Crippen LogP) is 4.83. The maximum absolute atomic E-state index is 13.7. The van der Waals surface area contributed by atoms with Crippen LogP contribution >= 0.6 is 11.6 Å². The Morgan fingerprint density at radius 2 is 1.70 bits per heavy atom. The summed E-state index contributed by atoms with van der Waals surface area (Å²) in [6.45, 7) is 0.303. The summed E-state index contributed by atoms with van der Waals surface area (Å²) in [7, 11) is 0. The van der Waals surface area contributed by atoms with Crippen LogP contribution < -0.4 is 10.6 Å². The van der Waals surface area contributed by atoms with Gasteiger partial charge in [-0.3, -0.25) is 4.79 Å². The van der Waals surface area contributed by atoms with Gasteiger partial charge in [0.05, 0.1) is 17.6 Å². The summed E-state index contributed by atoms with van der Waals surface area (Å²) in [5.41, 5.74) is 1.10. The summed E-state index contributed by atoms with van der Waals surface area (Å²) in [5, 5.41) is 5.90. The van der Waals surface area contributed by atoms with Crippen molar-refractivity contribution in [1.29, 1.82) is 0 Å².